The highest BCUT2D eigenvalue weighted by molar-refractivity contribution is 5.95. The van der Waals surface area contributed by atoms with Crippen LogP contribution in [0.4, 0.5) is 18.9 Å². The maximum atomic E-state index is 14.5. The first-order valence-corrected chi connectivity index (χ1v) is 14.9. The van der Waals surface area contributed by atoms with Crippen molar-refractivity contribution in [2.45, 2.75) is 31.9 Å². The van der Waals surface area contributed by atoms with Gasteiger partial charge in [0.1, 0.15) is 23.0 Å². The number of nitrogens with zero attached hydrogens (tertiary/aromatic N) is 1. The van der Waals surface area contributed by atoms with Crippen molar-refractivity contribution < 1.29 is 32.3 Å². The van der Waals surface area contributed by atoms with Crippen molar-refractivity contribution in [3.05, 3.63) is 94.6 Å². The SMILES string of the molecule is CNC(=O)/C(N)=C(/C=C(\N)NC(=O)C1CC1)Nc1cccc(-c2ccc(C(=C=O)N(C)CC3=CCCC=C3)c(C(F)(F)F)c2)c1OC. The zero-order chi connectivity index (χ0) is 34.3. The van der Waals surface area contributed by atoms with E-state index in [1.807, 2.05) is 18.2 Å². The van der Waals surface area contributed by atoms with Crippen LogP contribution in [-0.4, -0.2) is 50.4 Å². The van der Waals surface area contributed by atoms with Crippen LogP contribution in [0.2, 0.25) is 0 Å². The molecular weight excluding hydrogens is 613 g/mol. The van der Waals surface area contributed by atoms with Crippen molar-refractivity contribution >= 4 is 29.1 Å². The van der Waals surface area contributed by atoms with E-state index in [0.29, 0.717) is 0 Å². The standard InChI is InChI=1S/C34H37F3N6O4/c1-40-33(46)30(39)27(17-29(38)42-32(45)21-12-13-21)41-26-11-7-10-23(31(26)47-3)22-14-15-24(25(16-22)34(35,36)37)28(19-44)43(2)18-20-8-5-4-6-9-20/h5,7-11,14-17,21,41H,4,6,12-13,18,38-39H2,1-3H3,(H,40,46)(H,42,45)/b29-17+,30-27+. The predicted octanol–water partition coefficient (Wildman–Crippen LogP) is 4.42. The van der Waals surface area contributed by atoms with Gasteiger partial charge in [-0.15, -0.1) is 0 Å². The smallest absolute Gasteiger partial charge is 0.417 e. The zero-order valence-corrected chi connectivity index (χ0v) is 26.3. The summed E-state index contributed by atoms with van der Waals surface area (Å²) >= 11 is 0. The Morgan fingerprint density at radius 1 is 1.15 bits per heavy atom. The molecular formula is C34H37F3N6O4. The zero-order valence-electron chi connectivity index (χ0n) is 26.3. The second-order valence-electron chi connectivity index (χ2n) is 11.1. The number of para-hydroxylation sites is 1. The number of anilines is 1. The third-order valence-electron chi connectivity index (χ3n) is 7.63. The molecule has 0 saturated heterocycles. The Bertz CT molecular complexity index is 1720. The molecule has 2 aliphatic carbocycles. The van der Waals surface area contributed by atoms with Crippen LogP contribution in [0.3, 0.4) is 0 Å². The van der Waals surface area contributed by atoms with E-state index in [4.69, 9.17) is 16.2 Å². The number of hydrogen-bond acceptors (Lipinski definition) is 8. The Morgan fingerprint density at radius 2 is 1.89 bits per heavy atom. The number of methoxy groups -OCH3 is 1. The lowest BCUT2D eigenvalue weighted by Gasteiger charge is -2.24. The Balaban J connectivity index is 1.74. The van der Waals surface area contributed by atoms with E-state index >= 15 is 0 Å². The quantitative estimate of drug-likeness (QED) is 0.129. The van der Waals surface area contributed by atoms with Crippen molar-refractivity contribution in [3.63, 3.8) is 0 Å². The molecule has 0 bridgehead atoms. The maximum Gasteiger partial charge on any atom is 0.417 e. The Labute approximate surface area is 270 Å². The van der Waals surface area contributed by atoms with Crippen LogP contribution in [0, 0.1) is 5.92 Å². The third-order valence-corrected chi connectivity index (χ3v) is 7.63. The molecule has 7 N–H and O–H groups in total. The summed E-state index contributed by atoms with van der Waals surface area (Å²) in [6.45, 7) is 0.236. The van der Waals surface area contributed by atoms with Crippen molar-refractivity contribution in [2.24, 2.45) is 17.4 Å². The summed E-state index contributed by atoms with van der Waals surface area (Å²) in [6, 6.07) is 8.35. The molecule has 4 rings (SSSR count). The average Bonchev–Trinajstić information content (AvgIpc) is 3.90. The van der Waals surface area contributed by atoms with Crippen molar-refractivity contribution in [3.8, 4) is 16.9 Å². The summed E-state index contributed by atoms with van der Waals surface area (Å²) in [6.07, 6.45) is 5.51. The van der Waals surface area contributed by atoms with Gasteiger partial charge < -0.3 is 37.1 Å². The second kappa shape index (κ2) is 14.8. The van der Waals surface area contributed by atoms with E-state index in [2.05, 4.69) is 16.0 Å². The average molecular weight is 651 g/mol. The van der Waals surface area contributed by atoms with Gasteiger partial charge in [0.05, 0.1) is 24.1 Å². The number of alkyl halides is 3. The van der Waals surface area contributed by atoms with Gasteiger partial charge in [-0.25, -0.2) is 4.79 Å². The molecule has 0 radical (unpaired) electrons. The van der Waals surface area contributed by atoms with Gasteiger partial charge in [-0.2, -0.15) is 13.2 Å². The molecule has 13 heteroatoms. The molecule has 2 aromatic rings. The van der Waals surface area contributed by atoms with E-state index < -0.39 is 17.6 Å². The predicted molar refractivity (Wildman–Crippen MR) is 174 cm³/mol. The van der Waals surface area contributed by atoms with Crippen molar-refractivity contribution in [1.29, 1.82) is 0 Å². The number of hydrogen-bond donors (Lipinski definition) is 5. The number of likely N-dealkylation sites (N-methyl/N-ethyl adjacent to an activating group) is 2. The molecule has 0 spiro atoms. The van der Waals surface area contributed by atoms with Crippen molar-refractivity contribution in [2.75, 3.05) is 33.1 Å². The minimum absolute atomic E-state index is 0.00597. The summed E-state index contributed by atoms with van der Waals surface area (Å²) in [5.74, 6) is 0.724. The molecule has 0 aromatic heterocycles. The molecule has 0 unspecified atom stereocenters. The largest absolute Gasteiger partial charge is 0.494 e. The van der Waals surface area contributed by atoms with E-state index in [1.54, 1.807) is 31.2 Å². The van der Waals surface area contributed by atoms with Gasteiger partial charge in [0.25, 0.3) is 5.91 Å². The Morgan fingerprint density at radius 3 is 2.49 bits per heavy atom. The number of halogens is 3. The highest BCUT2D eigenvalue weighted by Gasteiger charge is 2.36. The van der Waals surface area contributed by atoms with E-state index in [9.17, 15) is 27.6 Å². The fourth-order valence-electron chi connectivity index (χ4n) is 5.08. The van der Waals surface area contributed by atoms with Gasteiger partial charge in [0.2, 0.25) is 5.91 Å². The number of nitrogens with two attached hydrogens (primary N) is 2. The van der Waals surface area contributed by atoms with Crippen LogP contribution in [0.15, 0.2) is 83.5 Å². The lowest BCUT2D eigenvalue weighted by atomic mass is 9.95. The fraction of sp³-hybridized carbons (Fsp3) is 0.294. The van der Waals surface area contributed by atoms with Crippen LogP contribution in [0.1, 0.15) is 36.8 Å². The summed E-state index contributed by atoms with van der Waals surface area (Å²) < 4.78 is 49.2. The Kier molecular flexibility index (Phi) is 10.8. The number of carbonyl (C=O) groups is 2. The number of ether oxygens (including phenoxy) is 1. The number of carbonyl (C=O) groups excluding carboxylic acids is 3. The minimum atomic E-state index is -4.81. The summed E-state index contributed by atoms with van der Waals surface area (Å²) in [7, 11) is 4.26. The highest BCUT2D eigenvalue weighted by atomic mass is 19.4. The van der Waals surface area contributed by atoms with Gasteiger partial charge in [-0.1, -0.05) is 42.5 Å². The molecule has 2 aromatic carbocycles. The maximum absolute atomic E-state index is 14.5. The molecule has 248 valence electrons. The van der Waals surface area contributed by atoms with Crippen LogP contribution in [-0.2, 0) is 20.6 Å². The second-order valence-corrected chi connectivity index (χ2v) is 11.1. The number of nitrogens with one attached hydrogen (secondary N) is 3. The molecule has 47 heavy (non-hydrogen) atoms. The van der Waals surface area contributed by atoms with Gasteiger partial charge in [-0.3, -0.25) is 9.59 Å². The lowest BCUT2D eigenvalue weighted by Crippen LogP contribution is -2.31. The third kappa shape index (κ3) is 8.44. The number of allylic oxidation sites excluding steroid dienone is 3. The molecule has 2 amide bonds. The van der Waals surface area contributed by atoms with Crippen LogP contribution in [0.25, 0.3) is 16.8 Å². The van der Waals surface area contributed by atoms with Gasteiger partial charge in [0, 0.05) is 43.8 Å². The molecule has 0 heterocycles. The number of amides is 2. The first kappa shape index (κ1) is 34.5. The van der Waals surface area contributed by atoms with E-state index in [-0.39, 0.29) is 69.4 Å². The highest BCUT2D eigenvalue weighted by Crippen LogP contribution is 2.42. The van der Waals surface area contributed by atoms with Crippen molar-refractivity contribution in [1.82, 2.24) is 15.5 Å². The van der Waals surface area contributed by atoms with Gasteiger partial charge in [0.15, 0.2) is 5.94 Å². The molecule has 1 saturated carbocycles. The number of benzene rings is 2. The number of rotatable bonds is 12. The van der Waals surface area contributed by atoms with E-state index in [0.717, 1.165) is 37.3 Å². The minimum Gasteiger partial charge on any atom is -0.494 e. The summed E-state index contributed by atoms with van der Waals surface area (Å²) in [5.41, 5.74) is 11.8. The van der Waals surface area contributed by atoms with Crippen LogP contribution in [0.5, 0.6) is 5.75 Å². The van der Waals surface area contributed by atoms with Gasteiger partial charge >= 0.3 is 6.18 Å². The van der Waals surface area contributed by atoms with Gasteiger partial charge in [-0.05, 0) is 49.0 Å². The molecule has 10 nitrogen and oxygen atoms in total. The topological polar surface area (TPSA) is 152 Å². The monoisotopic (exact) mass is 650 g/mol. The molecule has 0 aliphatic heterocycles. The first-order chi connectivity index (χ1) is 22.4. The molecule has 1 fully saturated rings. The van der Waals surface area contributed by atoms with Crippen LogP contribution < -0.4 is 32.2 Å². The summed E-state index contributed by atoms with van der Waals surface area (Å²) in [5, 5.41) is 7.96. The summed E-state index contributed by atoms with van der Waals surface area (Å²) in [4.78, 5) is 38.2. The normalized spacial score (nSPS) is 15.1. The molecule has 0 atom stereocenters. The Hall–Kier alpha value is -5.42. The van der Waals surface area contributed by atoms with E-state index in [1.165, 1.54) is 37.3 Å². The molecule has 2 aliphatic rings. The van der Waals surface area contributed by atoms with Crippen LogP contribution >= 0.6 is 0 Å². The fourth-order valence-corrected chi connectivity index (χ4v) is 5.08. The lowest BCUT2D eigenvalue weighted by molar-refractivity contribution is -0.137. The first-order valence-electron chi connectivity index (χ1n) is 14.9.